The Balaban J connectivity index is 1.71. The highest BCUT2D eigenvalue weighted by molar-refractivity contribution is 6.32. The first-order valence-electron chi connectivity index (χ1n) is 10.2. The highest BCUT2D eigenvalue weighted by Gasteiger charge is 2.22. The number of nitrogens with zero attached hydrogens (tertiary/aromatic N) is 3. The van der Waals surface area contributed by atoms with Crippen molar-refractivity contribution < 1.29 is 19.7 Å². The number of aromatic hydroxyl groups is 2. The number of benzene rings is 3. The molecule has 0 aliphatic carbocycles. The molecule has 4 rings (SSSR count). The molecule has 0 bridgehead atoms. The van der Waals surface area contributed by atoms with E-state index in [-0.39, 0.29) is 23.6 Å². The van der Waals surface area contributed by atoms with Gasteiger partial charge in [0.2, 0.25) is 0 Å². The van der Waals surface area contributed by atoms with Crippen molar-refractivity contribution in [2.24, 2.45) is 0 Å². The minimum atomic E-state index is -0.454. The SMILES string of the molecule is COc1ccc(Cl)cc1CN(C)C(=O)c1cc(-c2ccnn2-c2ccccc2Cl)c(O)cc1O. The Labute approximate surface area is 206 Å². The van der Waals surface area contributed by atoms with E-state index in [4.69, 9.17) is 27.9 Å². The van der Waals surface area contributed by atoms with Crippen molar-refractivity contribution >= 4 is 29.1 Å². The van der Waals surface area contributed by atoms with Crippen molar-refractivity contribution in [1.29, 1.82) is 0 Å². The molecule has 0 unspecified atom stereocenters. The van der Waals surface area contributed by atoms with Crippen molar-refractivity contribution in [3.63, 3.8) is 0 Å². The van der Waals surface area contributed by atoms with Gasteiger partial charge in [-0.1, -0.05) is 35.3 Å². The summed E-state index contributed by atoms with van der Waals surface area (Å²) in [4.78, 5) is 14.7. The molecule has 0 aliphatic heterocycles. The van der Waals surface area contributed by atoms with Crippen LogP contribution in [0.5, 0.6) is 17.2 Å². The van der Waals surface area contributed by atoms with Gasteiger partial charge in [0, 0.05) is 35.8 Å². The molecule has 1 amide bonds. The van der Waals surface area contributed by atoms with Crippen LogP contribution in [0.4, 0.5) is 0 Å². The standard InChI is InChI=1S/C25H21Cl2N3O4/c1-29(14-15-11-16(26)7-8-24(15)34-2)25(33)18-12-17(22(31)13-23(18)32)20-9-10-28-30(20)21-6-4-3-5-19(21)27/h3-13,31-32H,14H2,1-2H3. The molecule has 0 fully saturated rings. The second-order valence-corrected chi connectivity index (χ2v) is 8.43. The average Bonchev–Trinajstić information content (AvgIpc) is 3.28. The van der Waals surface area contributed by atoms with Crippen LogP contribution in [0.1, 0.15) is 15.9 Å². The van der Waals surface area contributed by atoms with E-state index in [0.717, 1.165) is 6.07 Å². The molecule has 0 radical (unpaired) electrons. The molecule has 4 aromatic rings. The summed E-state index contributed by atoms with van der Waals surface area (Å²) in [5.74, 6) is -0.421. The molecule has 2 N–H and O–H groups in total. The predicted molar refractivity (Wildman–Crippen MR) is 131 cm³/mol. The minimum Gasteiger partial charge on any atom is -0.507 e. The smallest absolute Gasteiger partial charge is 0.257 e. The zero-order valence-electron chi connectivity index (χ0n) is 18.4. The van der Waals surface area contributed by atoms with E-state index in [2.05, 4.69) is 5.10 Å². The fraction of sp³-hybridized carbons (Fsp3) is 0.120. The van der Waals surface area contributed by atoms with Gasteiger partial charge in [-0.2, -0.15) is 5.10 Å². The molecule has 0 aliphatic rings. The van der Waals surface area contributed by atoms with E-state index in [1.807, 2.05) is 6.07 Å². The number of aromatic nitrogens is 2. The predicted octanol–water partition coefficient (Wildman–Crippen LogP) is 5.54. The third-order valence-corrected chi connectivity index (χ3v) is 5.90. The first-order valence-corrected chi connectivity index (χ1v) is 11.0. The van der Waals surface area contributed by atoms with Gasteiger partial charge in [-0.25, -0.2) is 4.68 Å². The summed E-state index contributed by atoms with van der Waals surface area (Å²) in [6, 6.07) is 16.5. The van der Waals surface area contributed by atoms with Crippen LogP contribution in [0.3, 0.4) is 0 Å². The topological polar surface area (TPSA) is 87.8 Å². The third kappa shape index (κ3) is 4.53. The van der Waals surface area contributed by atoms with E-state index >= 15 is 0 Å². The number of para-hydroxylation sites is 1. The summed E-state index contributed by atoms with van der Waals surface area (Å²) in [5.41, 5.74) is 2.14. The Morgan fingerprint density at radius 2 is 1.82 bits per heavy atom. The lowest BCUT2D eigenvalue weighted by Gasteiger charge is -2.20. The number of halogens is 2. The van der Waals surface area contributed by atoms with Gasteiger partial charge < -0.3 is 19.8 Å². The maximum absolute atomic E-state index is 13.3. The van der Waals surface area contributed by atoms with Gasteiger partial charge in [-0.3, -0.25) is 4.79 Å². The number of carbonyl (C=O) groups is 1. The molecule has 1 aromatic heterocycles. The van der Waals surface area contributed by atoms with Crippen LogP contribution in [0.15, 0.2) is 66.9 Å². The van der Waals surface area contributed by atoms with Crippen LogP contribution in [0, 0.1) is 0 Å². The highest BCUT2D eigenvalue weighted by atomic mass is 35.5. The fourth-order valence-electron chi connectivity index (χ4n) is 3.68. The largest absolute Gasteiger partial charge is 0.507 e. The first kappa shape index (κ1) is 23.5. The molecule has 3 aromatic carbocycles. The summed E-state index contributed by atoms with van der Waals surface area (Å²) in [6.07, 6.45) is 1.56. The van der Waals surface area contributed by atoms with Gasteiger partial charge in [0.05, 0.1) is 35.3 Å². The number of phenols is 2. The lowest BCUT2D eigenvalue weighted by molar-refractivity contribution is 0.0781. The average molecular weight is 498 g/mol. The van der Waals surface area contributed by atoms with E-state index in [1.54, 1.807) is 60.4 Å². The molecule has 0 atom stereocenters. The maximum Gasteiger partial charge on any atom is 0.257 e. The maximum atomic E-state index is 13.3. The first-order chi connectivity index (χ1) is 16.3. The number of hydrogen-bond acceptors (Lipinski definition) is 5. The highest BCUT2D eigenvalue weighted by Crippen LogP contribution is 2.37. The Morgan fingerprint density at radius 1 is 1.06 bits per heavy atom. The van der Waals surface area contributed by atoms with Crippen molar-refractivity contribution in [3.05, 3.63) is 88.0 Å². The number of phenolic OH excluding ortho intramolecular Hbond substituents is 2. The summed E-state index contributed by atoms with van der Waals surface area (Å²) in [7, 11) is 3.14. The molecule has 0 spiro atoms. The van der Waals surface area contributed by atoms with E-state index in [1.165, 1.54) is 18.1 Å². The molecule has 9 heteroatoms. The van der Waals surface area contributed by atoms with Gasteiger partial charge in [0.15, 0.2) is 0 Å². The monoisotopic (exact) mass is 497 g/mol. The summed E-state index contributed by atoms with van der Waals surface area (Å²) in [5, 5.41) is 26.4. The summed E-state index contributed by atoms with van der Waals surface area (Å²) < 4.78 is 6.92. The molecule has 0 saturated heterocycles. The second-order valence-electron chi connectivity index (χ2n) is 7.58. The summed E-state index contributed by atoms with van der Waals surface area (Å²) in [6.45, 7) is 0.190. The molecule has 1 heterocycles. The van der Waals surface area contributed by atoms with Gasteiger partial charge in [0.1, 0.15) is 17.2 Å². The van der Waals surface area contributed by atoms with Gasteiger partial charge in [0.25, 0.3) is 5.91 Å². The number of methoxy groups -OCH3 is 1. The Kier molecular flexibility index (Phi) is 6.68. The van der Waals surface area contributed by atoms with Crippen molar-refractivity contribution in [1.82, 2.24) is 14.7 Å². The molecular weight excluding hydrogens is 477 g/mol. The Bertz CT molecular complexity index is 1370. The zero-order valence-corrected chi connectivity index (χ0v) is 19.9. The summed E-state index contributed by atoms with van der Waals surface area (Å²) >= 11 is 12.4. The molecule has 174 valence electrons. The lowest BCUT2D eigenvalue weighted by atomic mass is 10.0. The van der Waals surface area contributed by atoms with Gasteiger partial charge in [-0.05, 0) is 42.5 Å². The van der Waals surface area contributed by atoms with Crippen LogP contribution in [-0.4, -0.2) is 45.0 Å². The molecule has 7 nitrogen and oxygen atoms in total. The molecule has 0 saturated carbocycles. The van der Waals surface area contributed by atoms with Crippen LogP contribution >= 0.6 is 23.2 Å². The number of carbonyl (C=O) groups excluding carboxylic acids is 1. The van der Waals surface area contributed by atoms with Gasteiger partial charge in [-0.15, -0.1) is 0 Å². The normalized spacial score (nSPS) is 10.8. The van der Waals surface area contributed by atoms with Crippen LogP contribution in [0.2, 0.25) is 10.0 Å². The van der Waals surface area contributed by atoms with E-state index in [0.29, 0.717) is 38.3 Å². The van der Waals surface area contributed by atoms with Crippen LogP contribution in [-0.2, 0) is 6.54 Å². The number of amides is 1. The Morgan fingerprint density at radius 3 is 2.56 bits per heavy atom. The number of ether oxygens (including phenoxy) is 1. The van der Waals surface area contributed by atoms with E-state index in [9.17, 15) is 15.0 Å². The quantitative estimate of drug-likeness (QED) is 0.365. The fourth-order valence-corrected chi connectivity index (χ4v) is 4.09. The van der Waals surface area contributed by atoms with Crippen molar-refractivity contribution in [2.75, 3.05) is 14.2 Å². The van der Waals surface area contributed by atoms with Crippen molar-refractivity contribution in [3.8, 4) is 34.2 Å². The second kappa shape index (κ2) is 9.67. The molecule has 34 heavy (non-hydrogen) atoms. The number of hydrogen-bond donors (Lipinski definition) is 2. The van der Waals surface area contributed by atoms with Gasteiger partial charge >= 0.3 is 0 Å². The minimum absolute atomic E-state index is 0.0169. The lowest BCUT2D eigenvalue weighted by Crippen LogP contribution is -2.26. The molecular formula is C25H21Cl2N3O4. The third-order valence-electron chi connectivity index (χ3n) is 5.34. The van der Waals surface area contributed by atoms with E-state index < -0.39 is 5.91 Å². The zero-order chi connectivity index (χ0) is 24.4. The van der Waals surface area contributed by atoms with Crippen LogP contribution < -0.4 is 4.74 Å². The number of rotatable bonds is 6. The van der Waals surface area contributed by atoms with Crippen molar-refractivity contribution in [2.45, 2.75) is 6.54 Å². The van der Waals surface area contributed by atoms with Crippen LogP contribution in [0.25, 0.3) is 16.9 Å². The Hall–Kier alpha value is -3.68.